The quantitative estimate of drug-likeness (QED) is 0.700. The Kier molecular flexibility index (Phi) is 4.36. The lowest BCUT2D eigenvalue weighted by atomic mass is 9.84. The Bertz CT molecular complexity index is 404. The highest BCUT2D eigenvalue weighted by atomic mass is 16.4. The Labute approximate surface area is 125 Å². The van der Waals surface area contributed by atoms with E-state index in [1.165, 1.54) is 25.7 Å². The molecule has 3 fully saturated rings. The average Bonchev–Trinajstić information content (AvgIpc) is 2.93. The van der Waals surface area contributed by atoms with Crippen molar-refractivity contribution in [1.29, 1.82) is 0 Å². The van der Waals surface area contributed by atoms with Gasteiger partial charge in [-0.25, -0.2) is 4.79 Å². The number of hydrogen-bond donors (Lipinski definition) is 3. The highest BCUT2D eigenvalue weighted by molar-refractivity contribution is 5.77. The predicted molar refractivity (Wildman–Crippen MR) is 78.9 cm³/mol. The molecule has 2 bridgehead atoms. The van der Waals surface area contributed by atoms with Crippen molar-refractivity contribution in [1.82, 2.24) is 10.6 Å². The molecular weight excluding hydrogens is 268 g/mol. The molecule has 21 heavy (non-hydrogen) atoms. The van der Waals surface area contributed by atoms with Crippen LogP contribution in [0.4, 0.5) is 4.79 Å². The lowest BCUT2D eigenvalue weighted by Gasteiger charge is -2.29. The molecule has 3 rings (SSSR count). The Morgan fingerprint density at radius 3 is 2.19 bits per heavy atom. The standard InChI is InChI=1S/C16H26N2O3/c19-15(20)13-10-7-8-11(9-10)14(13)18-16(21)17-12-5-3-1-2-4-6-12/h10-14H,1-9H2,(H,19,20)(H2,17,18,21). The first-order valence-corrected chi connectivity index (χ1v) is 8.45. The van der Waals surface area contributed by atoms with E-state index in [0.29, 0.717) is 5.92 Å². The van der Waals surface area contributed by atoms with Crippen molar-refractivity contribution in [2.45, 2.75) is 69.9 Å². The molecule has 3 aliphatic rings. The first kappa shape index (κ1) is 14.7. The second-order valence-corrected chi connectivity index (χ2v) is 7.03. The highest BCUT2D eigenvalue weighted by Crippen LogP contribution is 2.48. The molecule has 3 N–H and O–H groups in total. The van der Waals surface area contributed by atoms with Gasteiger partial charge in [-0.2, -0.15) is 0 Å². The summed E-state index contributed by atoms with van der Waals surface area (Å²) in [7, 11) is 0. The molecule has 3 saturated carbocycles. The topological polar surface area (TPSA) is 78.4 Å². The molecule has 0 aliphatic heterocycles. The minimum atomic E-state index is -0.748. The molecule has 0 spiro atoms. The van der Waals surface area contributed by atoms with E-state index in [4.69, 9.17) is 0 Å². The molecule has 4 unspecified atom stereocenters. The summed E-state index contributed by atoms with van der Waals surface area (Å²) >= 11 is 0. The van der Waals surface area contributed by atoms with Crippen LogP contribution < -0.4 is 10.6 Å². The SMILES string of the molecule is O=C(NC1CCCCCC1)NC1C2CCC(C2)C1C(=O)O. The van der Waals surface area contributed by atoms with E-state index in [1.54, 1.807) is 0 Å². The molecule has 0 saturated heterocycles. The number of rotatable bonds is 3. The van der Waals surface area contributed by atoms with E-state index < -0.39 is 5.97 Å². The number of amides is 2. The third kappa shape index (κ3) is 3.16. The van der Waals surface area contributed by atoms with E-state index >= 15 is 0 Å². The van der Waals surface area contributed by atoms with Crippen LogP contribution in [0.25, 0.3) is 0 Å². The second-order valence-electron chi connectivity index (χ2n) is 7.03. The van der Waals surface area contributed by atoms with Crippen LogP contribution in [0.15, 0.2) is 0 Å². The molecular formula is C16H26N2O3. The van der Waals surface area contributed by atoms with Crippen LogP contribution in [0, 0.1) is 17.8 Å². The predicted octanol–water partition coefficient (Wildman–Crippen LogP) is 2.51. The number of fused-ring (bicyclic) bond motifs is 2. The fourth-order valence-corrected chi connectivity index (χ4v) is 4.66. The van der Waals surface area contributed by atoms with Gasteiger partial charge in [0.15, 0.2) is 0 Å². The molecule has 0 radical (unpaired) electrons. The monoisotopic (exact) mass is 294 g/mol. The van der Waals surface area contributed by atoms with Crippen molar-refractivity contribution in [3.05, 3.63) is 0 Å². The van der Waals surface area contributed by atoms with Crippen LogP contribution in [0.3, 0.4) is 0 Å². The molecule has 118 valence electrons. The Balaban J connectivity index is 1.55. The maximum absolute atomic E-state index is 12.2. The summed E-state index contributed by atoms with van der Waals surface area (Å²) in [6.07, 6.45) is 9.99. The van der Waals surface area contributed by atoms with Gasteiger partial charge in [-0.3, -0.25) is 4.79 Å². The first-order chi connectivity index (χ1) is 10.1. The number of carbonyl (C=O) groups excluding carboxylic acids is 1. The average molecular weight is 294 g/mol. The largest absolute Gasteiger partial charge is 0.481 e. The highest BCUT2D eigenvalue weighted by Gasteiger charge is 2.51. The van der Waals surface area contributed by atoms with Gasteiger partial charge in [0.05, 0.1) is 5.92 Å². The van der Waals surface area contributed by atoms with Gasteiger partial charge in [0.2, 0.25) is 0 Å². The van der Waals surface area contributed by atoms with Gasteiger partial charge in [0.1, 0.15) is 0 Å². The zero-order valence-corrected chi connectivity index (χ0v) is 12.5. The molecule has 3 aliphatic carbocycles. The lowest BCUT2D eigenvalue weighted by molar-refractivity contribution is -0.144. The second kappa shape index (κ2) is 6.24. The smallest absolute Gasteiger partial charge is 0.315 e. The van der Waals surface area contributed by atoms with Crippen LogP contribution in [0.5, 0.6) is 0 Å². The van der Waals surface area contributed by atoms with Gasteiger partial charge in [0, 0.05) is 12.1 Å². The zero-order valence-electron chi connectivity index (χ0n) is 12.5. The van der Waals surface area contributed by atoms with Crippen LogP contribution in [0.2, 0.25) is 0 Å². The molecule has 5 nitrogen and oxygen atoms in total. The molecule has 0 aromatic rings. The first-order valence-electron chi connectivity index (χ1n) is 8.45. The molecule has 5 heteroatoms. The molecule has 0 aromatic carbocycles. The molecule has 2 amide bonds. The normalized spacial score (nSPS) is 36.2. The zero-order chi connectivity index (χ0) is 14.8. The Morgan fingerprint density at radius 2 is 1.52 bits per heavy atom. The van der Waals surface area contributed by atoms with Crippen molar-refractivity contribution in [2.75, 3.05) is 0 Å². The minimum Gasteiger partial charge on any atom is -0.481 e. The van der Waals surface area contributed by atoms with Crippen molar-refractivity contribution < 1.29 is 14.7 Å². The number of nitrogens with one attached hydrogen (secondary N) is 2. The number of carbonyl (C=O) groups is 2. The number of aliphatic carboxylic acids is 1. The van der Waals surface area contributed by atoms with Crippen molar-refractivity contribution >= 4 is 12.0 Å². The summed E-state index contributed by atoms with van der Waals surface area (Å²) in [6.45, 7) is 0. The Hall–Kier alpha value is -1.26. The number of urea groups is 1. The number of carboxylic acids is 1. The minimum absolute atomic E-state index is 0.161. The maximum Gasteiger partial charge on any atom is 0.315 e. The fourth-order valence-electron chi connectivity index (χ4n) is 4.66. The van der Waals surface area contributed by atoms with E-state index in [9.17, 15) is 14.7 Å². The van der Waals surface area contributed by atoms with Gasteiger partial charge in [-0.05, 0) is 43.9 Å². The fraction of sp³-hybridized carbons (Fsp3) is 0.875. The van der Waals surface area contributed by atoms with Gasteiger partial charge < -0.3 is 15.7 Å². The van der Waals surface area contributed by atoms with Crippen molar-refractivity contribution in [2.24, 2.45) is 17.8 Å². The summed E-state index contributed by atoms with van der Waals surface area (Å²) in [6, 6.07) is -0.0768. The summed E-state index contributed by atoms with van der Waals surface area (Å²) in [5, 5.41) is 15.4. The third-order valence-electron chi connectivity index (χ3n) is 5.69. The van der Waals surface area contributed by atoms with Crippen LogP contribution in [0.1, 0.15) is 57.8 Å². The van der Waals surface area contributed by atoms with Crippen molar-refractivity contribution in [3.8, 4) is 0 Å². The molecule has 4 atom stereocenters. The van der Waals surface area contributed by atoms with Crippen LogP contribution >= 0.6 is 0 Å². The number of carboxylic acid groups (broad SMARTS) is 1. The molecule has 0 heterocycles. The summed E-state index contributed by atoms with van der Waals surface area (Å²) in [5.41, 5.74) is 0. The van der Waals surface area contributed by atoms with Crippen LogP contribution in [-0.2, 0) is 4.79 Å². The summed E-state index contributed by atoms with van der Waals surface area (Å²) in [5.74, 6) is -0.516. The lowest BCUT2D eigenvalue weighted by Crippen LogP contribution is -2.52. The number of hydrogen-bond acceptors (Lipinski definition) is 2. The van der Waals surface area contributed by atoms with Crippen LogP contribution in [-0.4, -0.2) is 29.2 Å². The molecule has 0 aromatic heterocycles. The van der Waals surface area contributed by atoms with E-state index in [2.05, 4.69) is 10.6 Å². The van der Waals surface area contributed by atoms with Crippen molar-refractivity contribution in [3.63, 3.8) is 0 Å². The van der Waals surface area contributed by atoms with Gasteiger partial charge >= 0.3 is 12.0 Å². The third-order valence-corrected chi connectivity index (χ3v) is 5.69. The van der Waals surface area contributed by atoms with Gasteiger partial charge in [-0.1, -0.05) is 25.7 Å². The van der Waals surface area contributed by atoms with Gasteiger partial charge in [0.25, 0.3) is 0 Å². The van der Waals surface area contributed by atoms with E-state index in [-0.39, 0.29) is 30.0 Å². The summed E-state index contributed by atoms with van der Waals surface area (Å²) in [4.78, 5) is 23.7. The van der Waals surface area contributed by atoms with Gasteiger partial charge in [-0.15, -0.1) is 0 Å². The summed E-state index contributed by atoms with van der Waals surface area (Å²) < 4.78 is 0. The Morgan fingerprint density at radius 1 is 0.857 bits per heavy atom. The van der Waals surface area contributed by atoms with E-state index in [0.717, 1.165) is 32.1 Å². The van der Waals surface area contributed by atoms with E-state index in [1.807, 2.05) is 0 Å². The maximum atomic E-state index is 12.2.